The van der Waals surface area contributed by atoms with Crippen molar-refractivity contribution in [1.82, 2.24) is 10.6 Å². The number of halogens is 1. The van der Waals surface area contributed by atoms with Crippen LogP contribution in [0, 0.1) is 5.41 Å². The van der Waals surface area contributed by atoms with E-state index in [2.05, 4.69) is 17.6 Å². The molecule has 2 rings (SSSR count). The van der Waals surface area contributed by atoms with Gasteiger partial charge in [-0.1, -0.05) is 6.92 Å². The third-order valence-electron chi connectivity index (χ3n) is 3.02. The predicted octanol–water partition coefficient (Wildman–Crippen LogP) is 0.613. The molecule has 0 aromatic rings. The molecule has 0 spiro atoms. The molecule has 1 amide bonds. The van der Waals surface area contributed by atoms with Gasteiger partial charge in [-0.15, -0.1) is 24.2 Å². The first-order valence-corrected chi connectivity index (χ1v) is 6.52. The standard InChI is InChI=1S/C10H18N2O2S.ClH/c1-10(2-3-14-6-10)5-11-9(13)8-4-15-7-12-8;/h8,12H,2-7H2,1H3,(H,11,13);1H. The van der Waals surface area contributed by atoms with Crippen LogP contribution < -0.4 is 10.6 Å². The summed E-state index contributed by atoms with van der Waals surface area (Å²) in [5, 5.41) is 6.18. The number of hydrogen-bond donors (Lipinski definition) is 2. The van der Waals surface area contributed by atoms with Gasteiger partial charge in [0, 0.05) is 30.2 Å². The number of carbonyl (C=O) groups is 1. The average Bonchev–Trinajstić information content (AvgIpc) is 2.85. The molecule has 2 N–H and O–H groups in total. The van der Waals surface area contributed by atoms with Crippen LogP contribution in [0.2, 0.25) is 0 Å². The van der Waals surface area contributed by atoms with Crippen molar-refractivity contribution in [1.29, 1.82) is 0 Å². The minimum absolute atomic E-state index is 0. The smallest absolute Gasteiger partial charge is 0.238 e. The van der Waals surface area contributed by atoms with Crippen molar-refractivity contribution < 1.29 is 9.53 Å². The van der Waals surface area contributed by atoms with Crippen LogP contribution in [0.4, 0.5) is 0 Å². The van der Waals surface area contributed by atoms with E-state index in [1.807, 2.05) is 0 Å². The number of hydrogen-bond acceptors (Lipinski definition) is 4. The Labute approximate surface area is 107 Å². The van der Waals surface area contributed by atoms with E-state index in [1.165, 1.54) is 0 Å². The van der Waals surface area contributed by atoms with E-state index >= 15 is 0 Å². The second kappa shape index (κ2) is 6.10. The minimum atomic E-state index is 0. The van der Waals surface area contributed by atoms with Crippen molar-refractivity contribution in [3.8, 4) is 0 Å². The molecular weight excluding hydrogens is 248 g/mol. The first kappa shape index (κ1) is 14.1. The van der Waals surface area contributed by atoms with E-state index in [-0.39, 0.29) is 29.8 Å². The molecule has 0 aliphatic carbocycles. The number of ether oxygens (including phenoxy) is 1. The number of carbonyl (C=O) groups excluding carboxylic acids is 1. The zero-order valence-corrected chi connectivity index (χ0v) is 11.1. The van der Waals surface area contributed by atoms with Crippen LogP contribution in [0.5, 0.6) is 0 Å². The van der Waals surface area contributed by atoms with Gasteiger partial charge in [-0.25, -0.2) is 0 Å². The summed E-state index contributed by atoms with van der Waals surface area (Å²) < 4.78 is 5.35. The van der Waals surface area contributed by atoms with E-state index in [0.29, 0.717) is 0 Å². The largest absolute Gasteiger partial charge is 0.381 e. The SMILES string of the molecule is CC1(CNC(=O)C2CSCN2)CCOC1.Cl. The van der Waals surface area contributed by atoms with Crippen molar-refractivity contribution >= 4 is 30.1 Å². The van der Waals surface area contributed by atoms with E-state index < -0.39 is 0 Å². The van der Waals surface area contributed by atoms with Crippen LogP contribution in [-0.2, 0) is 9.53 Å². The van der Waals surface area contributed by atoms with Gasteiger partial charge in [0.05, 0.1) is 12.6 Å². The van der Waals surface area contributed by atoms with Gasteiger partial charge in [-0.05, 0) is 6.42 Å². The van der Waals surface area contributed by atoms with Crippen molar-refractivity contribution in [2.24, 2.45) is 5.41 Å². The second-order valence-corrected chi connectivity index (χ2v) is 5.63. The zero-order chi connectivity index (χ0) is 10.7. The summed E-state index contributed by atoms with van der Waals surface area (Å²) in [6.45, 7) is 4.48. The van der Waals surface area contributed by atoms with Gasteiger partial charge in [0.2, 0.25) is 5.91 Å². The fraction of sp³-hybridized carbons (Fsp3) is 0.900. The van der Waals surface area contributed by atoms with E-state index in [1.54, 1.807) is 11.8 Å². The van der Waals surface area contributed by atoms with Gasteiger partial charge < -0.3 is 10.1 Å². The number of nitrogens with one attached hydrogen (secondary N) is 2. The Hall–Kier alpha value is 0.0300. The summed E-state index contributed by atoms with van der Waals surface area (Å²) in [7, 11) is 0. The number of amides is 1. The van der Waals surface area contributed by atoms with Gasteiger partial charge in [0.1, 0.15) is 0 Å². The van der Waals surface area contributed by atoms with Gasteiger partial charge in [-0.3, -0.25) is 10.1 Å². The van der Waals surface area contributed by atoms with Crippen LogP contribution in [0.1, 0.15) is 13.3 Å². The van der Waals surface area contributed by atoms with Crippen LogP contribution >= 0.6 is 24.2 Å². The average molecular weight is 267 g/mol. The molecular formula is C10H19ClN2O2S. The van der Waals surface area contributed by atoms with E-state index in [0.717, 1.165) is 37.8 Å². The molecule has 2 aliphatic rings. The molecule has 2 heterocycles. The summed E-state index contributed by atoms with van der Waals surface area (Å²) in [5.74, 6) is 1.91. The van der Waals surface area contributed by atoms with Crippen molar-refractivity contribution in [3.05, 3.63) is 0 Å². The maximum atomic E-state index is 11.7. The predicted molar refractivity (Wildman–Crippen MR) is 68.0 cm³/mol. The van der Waals surface area contributed by atoms with E-state index in [9.17, 15) is 4.79 Å². The molecule has 0 radical (unpaired) electrons. The quantitative estimate of drug-likeness (QED) is 0.786. The Morgan fingerprint density at radius 3 is 3.06 bits per heavy atom. The molecule has 2 saturated heterocycles. The highest BCUT2D eigenvalue weighted by molar-refractivity contribution is 7.99. The Morgan fingerprint density at radius 2 is 2.50 bits per heavy atom. The maximum Gasteiger partial charge on any atom is 0.238 e. The van der Waals surface area contributed by atoms with Gasteiger partial charge in [0.25, 0.3) is 0 Å². The fourth-order valence-electron chi connectivity index (χ4n) is 1.84. The van der Waals surface area contributed by atoms with E-state index in [4.69, 9.17) is 4.74 Å². The molecule has 16 heavy (non-hydrogen) atoms. The summed E-state index contributed by atoms with van der Waals surface area (Å²) in [6.07, 6.45) is 1.04. The highest BCUT2D eigenvalue weighted by atomic mass is 35.5. The lowest BCUT2D eigenvalue weighted by Gasteiger charge is -2.22. The van der Waals surface area contributed by atoms with Gasteiger partial charge in [0.15, 0.2) is 0 Å². The van der Waals surface area contributed by atoms with Crippen molar-refractivity contribution in [2.45, 2.75) is 19.4 Å². The third kappa shape index (κ3) is 3.52. The summed E-state index contributed by atoms with van der Waals surface area (Å²) in [4.78, 5) is 11.7. The Balaban J connectivity index is 0.00000128. The summed E-state index contributed by atoms with van der Waals surface area (Å²) in [5.41, 5.74) is 0.140. The molecule has 0 saturated carbocycles. The van der Waals surface area contributed by atoms with Crippen LogP contribution in [0.15, 0.2) is 0 Å². The lowest BCUT2D eigenvalue weighted by atomic mass is 9.90. The van der Waals surface area contributed by atoms with Crippen LogP contribution in [0.3, 0.4) is 0 Å². The maximum absolute atomic E-state index is 11.7. The summed E-state index contributed by atoms with van der Waals surface area (Å²) >= 11 is 1.77. The molecule has 4 nitrogen and oxygen atoms in total. The highest BCUT2D eigenvalue weighted by Gasteiger charge is 2.31. The molecule has 94 valence electrons. The molecule has 2 fully saturated rings. The fourth-order valence-corrected chi connectivity index (χ4v) is 2.78. The summed E-state index contributed by atoms with van der Waals surface area (Å²) in [6, 6.07) is 0.000853. The van der Waals surface area contributed by atoms with Crippen molar-refractivity contribution in [2.75, 3.05) is 31.4 Å². The normalized spacial score (nSPS) is 33.4. The van der Waals surface area contributed by atoms with Crippen LogP contribution in [-0.4, -0.2) is 43.3 Å². The molecule has 0 aromatic carbocycles. The number of rotatable bonds is 3. The molecule has 0 bridgehead atoms. The molecule has 0 aromatic heterocycles. The Morgan fingerprint density at radius 1 is 1.69 bits per heavy atom. The lowest BCUT2D eigenvalue weighted by Crippen LogP contribution is -2.45. The Bertz CT molecular complexity index is 241. The van der Waals surface area contributed by atoms with Gasteiger partial charge in [-0.2, -0.15) is 0 Å². The molecule has 6 heteroatoms. The lowest BCUT2D eigenvalue weighted by molar-refractivity contribution is -0.122. The third-order valence-corrected chi connectivity index (χ3v) is 3.96. The Kier molecular flexibility index (Phi) is 5.37. The first-order valence-electron chi connectivity index (χ1n) is 5.36. The number of thioether (sulfide) groups is 1. The van der Waals surface area contributed by atoms with Gasteiger partial charge >= 0.3 is 0 Å². The first-order chi connectivity index (χ1) is 7.20. The minimum Gasteiger partial charge on any atom is -0.381 e. The highest BCUT2D eigenvalue weighted by Crippen LogP contribution is 2.26. The van der Waals surface area contributed by atoms with Crippen LogP contribution in [0.25, 0.3) is 0 Å². The molecule has 2 atom stereocenters. The zero-order valence-electron chi connectivity index (χ0n) is 9.45. The van der Waals surface area contributed by atoms with Crippen molar-refractivity contribution in [3.63, 3.8) is 0 Å². The molecule has 2 unspecified atom stereocenters. The monoisotopic (exact) mass is 266 g/mol. The topological polar surface area (TPSA) is 50.4 Å². The molecule has 2 aliphatic heterocycles. The second-order valence-electron chi connectivity index (χ2n) is 4.60.